The summed E-state index contributed by atoms with van der Waals surface area (Å²) in [6.07, 6.45) is -2.89. The Kier molecular flexibility index (Phi) is 2.54. The number of fused-ring (bicyclic) bond motifs is 1. The molecule has 1 saturated carbocycles. The molecule has 0 spiro atoms. The zero-order valence-electron chi connectivity index (χ0n) is 10.2. The smallest absolute Gasteiger partial charge is 0.398 e. The van der Waals surface area contributed by atoms with Crippen molar-refractivity contribution >= 4 is 16.9 Å². The second-order valence-corrected chi connectivity index (χ2v) is 4.98. The highest BCUT2D eigenvalue weighted by Crippen LogP contribution is 2.59. The number of carboxylic acid groups (broad SMARTS) is 1. The molecule has 1 aromatic carbocycles. The highest BCUT2D eigenvalue weighted by atomic mass is 19.4. The van der Waals surface area contributed by atoms with Crippen molar-refractivity contribution in [1.29, 1.82) is 0 Å². The number of halogens is 3. The number of benzene rings is 1. The SMILES string of the molecule is O=C(O)c1ccnc2ccc(C3(C(F)(F)F)CC3)cc12. The fraction of sp³-hybridized carbons (Fsp3) is 0.286. The van der Waals surface area contributed by atoms with Crippen LogP contribution < -0.4 is 0 Å². The minimum Gasteiger partial charge on any atom is -0.478 e. The summed E-state index contributed by atoms with van der Waals surface area (Å²) < 4.78 is 39.3. The van der Waals surface area contributed by atoms with Crippen LogP contribution >= 0.6 is 0 Å². The average molecular weight is 281 g/mol. The van der Waals surface area contributed by atoms with E-state index in [-0.39, 0.29) is 29.4 Å². The molecule has 0 radical (unpaired) electrons. The first kappa shape index (κ1) is 12.9. The summed E-state index contributed by atoms with van der Waals surface area (Å²) in [5, 5.41) is 9.35. The molecule has 1 N–H and O–H groups in total. The lowest BCUT2D eigenvalue weighted by Crippen LogP contribution is -2.28. The van der Waals surface area contributed by atoms with Gasteiger partial charge in [0.05, 0.1) is 16.5 Å². The van der Waals surface area contributed by atoms with E-state index >= 15 is 0 Å². The Labute approximate surface area is 112 Å². The minimum absolute atomic E-state index is 0.0326. The lowest BCUT2D eigenvalue weighted by atomic mass is 9.93. The van der Waals surface area contributed by atoms with Gasteiger partial charge >= 0.3 is 12.1 Å². The lowest BCUT2D eigenvalue weighted by molar-refractivity contribution is -0.160. The van der Waals surface area contributed by atoms with E-state index in [1.165, 1.54) is 30.5 Å². The highest BCUT2D eigenvalue weighted by molar-refractivity contribution is 6.02. The van der Waals surface area contributed by atoms with E-state index in [0.29, 0.717) is 5.52 Å². The maximum Gasteiger partial charge on any atom is 0.398 e. The van der Waals surface area contributed by atoms with Crippen molar-refractivity contribution in [3.8, 4) is 0 Å². The summed E-state index contributed by atoms with van der Waals surface area (Å²) in [5.74, 6) is -1.17. The largest absolute Gasteiger partial charge is 0.478 e. The van der Waals surface area contributed by atoms with Crippen LogP contribution in [0, 0.1) is 0 Å². The molecule has 1 aromatic heterocycles. The molecular formula is C14H10F3NO2. The second-order valence-electron chi connectivity index (χ2n) is 4.98. The number of aromatic carboxylic acids is 1. The Morgan fingerprint density at radius 1 is 1.25 bits per heavy atom. The Hall–Kier alpha value is -2.11. The van der Waals surface area contributed by atoms with Gasteiger partial charge in [-0.1, -0.05) is 6.07 Å². The Morgan fingerprint density at radius 2 is 1.95 bits per heavy atom. The summed E-state index contributed by atoms with van der Waals surface area (Å²) in [6.45, 7) is 0. The normalized spacial score (nSPS) is 17.1. The van der Waals surface area contributed by atoms with Gasteiger partial charge in [0.1, 0.15) is 0 Å². The molecule has 0 unspecified atom stereocenters. The molecule has 20 heavy (non-hydrogen) atoms. The number of carbonyl (C=O) groups is 1. The quantitative estimate of drug-likeness (QED) is 0.916. The number of aromatic nitrogens is 1. The zero-order chi connectivity index (χ0) is 14.5. The zero-order valence-corrected chi connectivity index (χ0v) is 10.2. The van der Waals surface area contributed by atoms with Crippen LogP contribution in [0.3, 0.4) is 0 Å². The minimum atomic E-state index is -4.31. The maximum atomic E-state index is 13.1. The molecule has 3 rings (SSSR count). The standard InChI is InChI=1S/C14H10F3NO2/c15-14(16,17)13(4-5-13)8-1-2-11-10(7-8)9(12(19)20)3-6-18-11/h1-3,6-7H,4-5H2,(H,19,20). The number of hydrogen-bond donors (Lipinski definition) is 1. The van der Waals surface area contributed by atoms with Crippen LogP contribution in [0.25, 0.3) is 10.9 Å². The van der Waals surface area contributed by atoms with Gasteiger partial charge in [0.2, 0.25) is 0 Å². The predicted molar refractivity (Wildman–Crippen MR) is 65.7 cm³/mol. The topological polar surface area (TPSA) is 50.2 Å². The second kappa shape index (κ2) is 3.94. The molecule has 1 heterocycles. The molecule has 1 aliphatic carbocycles. The van der Waals surface area contributed by atoms with Crippen LogP contribution in [0.4, 0.5) is 13.2 Å². The monoisotopic (exact) mass is 281 g/mol. The third kappa shape index (κ3) is 1.75. The van der Waals surface area contributed by atoms with Crippen molar-refractivity contribution in [1.82, 2.24) is 4.98 Å². The van der Waals surface area contributed by atoms with E-state index < -0.39 is 17.6 Å². The lowest BCUT2D eigenvalue weighted by Gasteiger charge is -2.20. The van der Waals surface area contributed by atoms with E-state index in [4.69, 9.17) is 5.11 Å². The number of hydrogen-bond acceptors (Lipinski definition) is 2. The molecule has 1 aliphatic rings. The van der Waals surface area contributed by atoms with Crippen LogP contribution in [0.15, 0.2) is 30.5 Å². The summed E-state index contributed by atoms with van der Waals surface area (Å²) in [6, 6.07) is 5.44. The number of nitrogens with zero attached hydrogens (tertiary/aromatic N) is 1. The third-order valence-corrected chi connectivity index (χ3v) is 3.82. The summed E-state index contributed by atoms with van der Waals surface area (Å²) in [5.41, 5.74) is -1.35. The van der Waals surface area contributed by atoms with E-state index in [1.807, 2.05) is 0 Å². The molecule has 0 bridgehead atoms. The molecule has 104 valence electrons. The van der Waals surface area contributed by atoms with Gasteiger partial charge in [-0.25, -0.2) is 4.79 Å². The molecule has 0 atom stereocenters. The van der Waals surface area contributed by atoms with Gasteiger partial charge in [-0.15, -0.1) is 0 Å². The van der Waals surface area contributed by atoms with E-state index in [2.05, 4.69) is 4.98 Å². The molecule has 0 aliphatic heterocycles. The highest BCUT2D eigenvalue weighted by Gasteiger charge is 2.64. The number of pyridine rings is 1. The van der Waals surface area contributed by atoms with Crippen LogP contribution in [0.2, 0.25) is 0 Å². The Balaban J connectivity index is 2.21. The maximum absolute atomic E-state index is 13.1. The fourth-order valence-electron chi connectivity index (χ4n) is 2.49. The van der Waals surface area contributed by atoms with Gasteiger partial charge in [0, 0.05) is 11.6 Å². The fourth-order valence-corrected chi connectivity index (χ4v) is 2.49. The van der Waals surface area contributed by atoms with Crippen molar-refractivity contribution < 1.29 is 23.1 Å². The molecule has 6 heteroatoms. The summed E-state index contributed by atoms with van der Waals surface area (Å²) in [4.78, 5) is 15.1. The van der Waals surface area contributed by atoms with E-state index in [9.17, 15) is 18.0 Å². The van der Waals surface area contributed by atoms with Crippen molar-refractivity contribution in [3.05, 3.63) is 41.6 Å². The molecule has 1 fully saturated rings. The first-order chi connectivity index (χ1) is 9.35. The molecule has 3 nitrogen and oxygen atoms in total. The van der Waals surface area contributed by atoms with Gasteiger partial charge in [-0.2, -0.15) is 13.2 Å². The van der Waals surface area contributed by atoms with E-state index in [0.717, 1.165) is 0 Å². The first-order valence-electron chi connectivity index (χ1n) is 6.04. The molecular weight excluding hydrogens is 271 g/mol. The Morgan fingerprint density at radius 3 is 2.50 bits per heavy atom. The Bertz CT molecular complexity index is 705. The van der Waals surface area contributed by atoms with Gasteiger partial charge in [0.15, 0.2) is 0 Å². The van der Waals surface area contributed by atoms with Crippen LogP contribution in [0.5, 0.6) is 0 Å². The van der Waals surface area contributed by atoms with Gasteiger partial charge in [0.25, 0.3) is 0 Å². The van der Waals surface area contributed by atoms with Crippen molar-refractivity contribution in [3.63, 3.8) is 0 Å². The van der Waals surface area contributed by atoms with Gasteiger partial charge < -0.3 is 5.11 Å². The van der Waals surface area contributed by atoms with Crippen LogP contribution in [-0.2, 0) is 5.41 Å². The summed E-state index contributed by atoms with van der Waals surface area (Å²) in [7, 11) is 0. The average Bonchev–Trinajstić information content (AvgIpc) is 3.18. The number of rotatable bonds is 2. The summed E-state index contributed by atoms with van der Waals surface area (Å²) >= 11 is 0. The molecule has 0 amide bonds. The number of alkyl halides is 3. The number of carboxylic acids is 1. The van der Waals surface area contributed by atoms with Crippen molar-refractivity contribution in [2.45, 2.75) is 24.4 Å². The predicted octanol–water partition coefficient (Wildman–Crippen LogP) is 3.53. The van der Waals surface area contributed by atoms with Crippen molar-refractivity contribution in [2.75, 3.05) is 0 Å². The van der Waals surface area contributed by atoms with Crippen LogP contribution in [0.1, 0.15) is 28.8 Å². The van der Waals surface area contributed by atoms with Crippen LogP contribution in [-0.4, -0.2) is 22.2 Å². The first-order valence-corrected chi connectivity index (χ1v) is 6.04. The van der Waals surface area contributed by atoms with Crippen molar-refractivity contribution in [2.24, 2.45) is 0 Å². The third-order valence-electron chi connectivity index (χ3n) is 3.82. The van der Waals surface area contributed by atoms with E-state index in [1.54, 1.807) is 0 Å². The van der Waals surface area contributed by atoms with Gasteiger partial charge in [-0.3, -0.25) is 4.98 Å². The molecule has 0 saturated heterocycles. The molecule has 2 aromatic rings. The van der Waals surface area contributed by atoms with Gasteiger partial charge in [-0.05, 0) is 36.6 Å².